The zero-order valence-electron chi connectivity index (χ0n) is 7.89. The normalized spacial score (nSPS) is 9.77. The molecule has 0 saturated carbocycles. The van der Waals surface area contributed by atoms with Crippen molar-refractivity contribution in [1.29, 1.82) is 0 Å². The number of aromatic nitrogens is 1. The van der Waals surface area contributed by atoms with Gasteiger partial charge < -0.3 is 0 Å². The molecule has 1 heterocycles. The highest BCUT2D eigenvalue weighted by atomic mass is 79.9. The molecule has 1 rings (SSSR count). The first kappa shape index (κ1) is 10.2. The highest BCUT2D eigenvalue weighted by molar-refractivity contribution is 9.10. The van der Waals surface area contributed by atoms with E-state index in [9.17, 15) is 0 Å². The maximum absolute atomic E-state index is 4.29. The summed E-state index contributed by atoms with van der Waals surface area (Å²) in [5.74, 6) is 0. The molecule has 0 spiro atoms. The highest BCUT2D eigenvalue weighted by Gasteiger charge is 2.05. The quantitative estimate of drug-likeness (QED) is 0.761. The molecule has 0 bridgehead atoms. The Hall–Kier alpha value is -0.890. The van der Waals surface area contributed by atoms with Crippen molar-refractivity contribution in [3.05, 3.63) is 41.2 Å². The smallest absolute Gasteiger partial charge is 0.0728 e. The average Bonchev–Trinajstić information content (AvgIpc) is 2.03. The predicted octanol–water partition coefficient (Wildman–Crippen LogP) is 3.91. The van der Waals surface area contributed by atoms with Gasteiger partial charge in [0.2, 0.25) is 0 Å². The third-order valence-electron chi connectivity index (χ3n) is 1.72. The topological polar surface area (TPSA) is 12.9 Å². The van der Waals surface area contributed by atoms with Crippen LogP contribution in [0.2, 0.25) is 0 Å². The Kier molecular flexibility index (Phi) is 3.04. The molecule has 1 aromatic rings. The molecule has 0 aliphatic rings. The molecule has 0 aromatic carbocycles. The Morgan fingerprint density at radius 2 is 1.92 bits per heavy atom. The van der Waals surface area contributed by atoms with Crippen molar-refractivity contribution in [3.63, 3.8) is 0 Å². The van der Waals surface area contributed by atoms with Crippen molar-refractivity contribution >= 4 is 27.1 Å². The van der Waals surface area contributed by atoms with Gasteiger partial charge >= 0.3 is 0 Å². The van der Waals surface area contributed by atoms with Crippen LogP contribution in [0.25, 0.3) is 11.1 Å². The van der Waals surface area contributed by atoms with Crippen molar-refractivity contribution < 1.29 is 0 Å². The number of halogens is 1. The van der Waals surface area contributed by atoms with Crippen LogP contribution in [-0.2, 0) is 0 Å². The standard InChI is InChI=1S/C11H12BrN/c1-7(2)10-5-9(12)6-13-11(10)8(3)4/h5-6H,1,3H2,2,4H3. The van der Waals surface area contributed by atoms with Crippen molar-refractivity contribution in [1.82, 2.24) is 4.98 Å². The van der Waals surface area contributed by atoms with Gasteiger partial charge in [-0.3, -0.25) is 4.98 Å². The molecule has 13 heavy (non-hydrogen) atoms. The van der Waals surface area contributed by atoms with Crippen LogP contribution >= 0.6 is 15.9 Å². The monoisotopic (exact) mass is 237 g/mol. The first-order valence-corrected chi connectivity index (χ1v) is 4.79. The van der Waals surface area contributed by atoms with Crippen LogP contribution in [0, 0.1) is 0 Å². The van der Waals surface area contributed by atoms with Gasteiger partial charge in [0.25, 0.3) is 0 Å². The number of hydrogen-bond donors (Lipinski definition) is 0. The Bertz CT molecular complexity index is 366. The van der Waals surface area contributed by atoms with Crippen molar-refractivity contribution in [2.45, 2.75) is 13.8 Å². The van der Waals surface area contributed by atoms with Gasteiger partial charge in [0, 0.05) is 16.2 Å². The molecule has 0 atom stereocenters. The summed E-state index contributed by atoms with van der Waals surface area (Å²) in [4.78, 5) is 4.29. The average molecular weight is 238 g/mol. The van der Waals surface area contributed by atoms with Crippen LogP contribution in [0.5, 0.6) is 0 Å². The Morgan fingerprint density at radius 3 is 2.38 bits per heavy atom. The van der Waals surface area contributed by atoms with Gasteiger partial charge in [0.05, 0.1) is 5.69 Å². The molecule has 0 N–H and O–H groups in total. The fourth-order valence-electron chi connectivity index (χ4n) is 1.10. The second-order valence-corrected chi connectivity index (χ2v) is 4.03. The van der Waals surface area contributed by atoms with Gasteiger partial charge in [0.1, 0.15) is 0 Å². The minimum atomic E-state index is 0.927. The summed E-state index contributed by atoms with van der Waals surface area (Å²) in [6, 6.07) is 2.01. The van der Waals surface area contributed by atoms with Gasteiger partial charge in [-0.25, -0.2) is 0 Å². The highest BCUT2D eigenvalue weighted by Crippen LogP contribution is 2.24. The number of allylic oxidation sites excluding steroid dienone is 2. The largest absolute Gasteiger partial charge is 0.255 e. The fourth-order valence-corrected chi connectivity index (χ4v) is 1.44. The lowest BCUT2D eigenvalue weighted by Gasteiger charge is -2.07. The van der Waals surface area contributed by atoms with Crippen LogP contribution < -0.4 is 0 Å². The van der Waals surface area contributed by atoms with E-state index in [2.05, 4.69) is 34.1 Å². The lowest BCUT2D eigenvalue weighted by Crippen LogP contribution is -1.92. The summed E-state index contributed by atoms with van der Waals surface area (Å²) in [6.45, 7) is 11.7. The maximum Gasteiger partial charge on any atom is 0.0728 e. The summed E-state index contributed by atoms with van der Waals surface area (Å²) in [5.41, 5.74) is 3.95. The number of hydrogen-bond acceptors (Lipinski definition) is 1. The summed E-state index contributed by atoms with van der Waals surface area (Å²) >= 11 is 3.38. The Balaban J connectivity index is 3.35. The molecule has 0 aliphatic heterocycles. The summed E-state index contributed by atoms with van der Waals surface area (Å²) in [6.07, 6.45) is 1.77. The molecular weight excluding hydrogens is 226 g/mol. The third kappa shape index (κ3) is 2.28. The molecular formula is C11H12BrN. The van der Waals surface area contributed by atoms with Gasteiger partial charge in [-0.05, 0) is 47.0 Å². The van der Waals surface area contributed by atoms with E-state index in [-0.39, 0.29) is 0 Å². The van der Waals surface area contributed by atoms with Crippen molar-refractivity contribution in [2.24, 2.45) is 0 Å². The lowest BCUT2D eigenvalue weighted by molar-refractivity contribution is 1.23. The van der Waals surface area contributed by atoms with Crippen LogP contribution in [0.15, 0.2) is 29.9 Å². The second kappa shape index (κ2) is 3.88. The van der Waals surface area contributed by atoms with E-state index in [1.54, 1.807) is 6.20 Å². The molecule has 0 radical (unpaired) electrons. The first-order chi connectivity index (χ1) is 6.02. The van der Waals surface area contributed by atoms with Crippen LogP contribution in [0.4, 0.5) is 0 Å². The Morgan fingerprint density at radius 1 is 1.31 bits per heavy atom. The van der Waals surface area contributed by atoms with E-state index in [0.29, 0.717) is 0 Å². The van der Waals surface area contributed by atoms with Gasteiger partial charge in [0.15, 0.2) is 0 Å². The SMILES string of the molecule is C=C(C)c1cc(Br)cnc1C(=C)C. The number of pyridine rings is 1. The van der Waals surface area contributed by atoms with Crippen LogP contribution in [0.3, 0.4) is 0 Å². The lowest BCUT2D eigenvalue weighted by atomic mass is 10.0. The fraction of sp³-hybridized carbons (Fsp3) is 0.182. The zero-order valence-corrected chi connectivity index (χ0v) is 9.48. The maximum atomic E-state index is 4.29. The van der Waals surface area contributed by atoms with E-state index in [4.69, 9.17) is 0 Å². The zero-order chi connectivity index (χ0) is 10.0. The molecule has 1 nitrogen and oxygen atoms in total. The van der Waals surface area contributed by atoms with Gasteiger partial charge in [-0.1, -0.05) is 13.2 Å². The second-order valence-electron chi connectivity index (χ2n) is 3.11. The van der Waals surface area contributed by atoms with E-state index < -0.39 is 0 Å². The molecule has 2 heteroatoms. The molecule has 0 saturated heterocycles. The summed E-state index contributed by atoms with van der Waals surface area (Å²) < 4.78 is 0.968. The minimum Gasteiger partial charge on any atom is -0.255 e. The number of nitrogens with zero attached hydrogens (tertiary/aromatic N) is 1. The molecule has 0 unspecified atom stereocenters. The first-order valence-electron chi connectivity index (χ1n) is 3.99. The van der Waals surface area contributed by atoms with E-state index >= 15 is 0 Å². The molecule has 1 aromatic heterocycles. The molecule has 0 fully saturated rings. The van der Waals surface area contributed by atoms with Crippen LogP contribution in [0.1, 0.15) is 25.1 Å². The Labute approximate surface area is 87.3 Å². The van der Waals surface area contributed by atoms with Crippen molar-refractivity contribution in [2.75, 3.05) is 0 Å². The van der Waals surface area contributed by atoms with E-state index in [0.717, 1.165) is 26.9 Å². The molecule has 0 amide bonds. The summed E-state index contributed by atoms with van der Waals surface area (Å²) in [5, 5.41) is 0. The van der Waals surface area contributed by atoms with Crippen LogP contribution in [-0.4, -0.2) is 4.98 Å². The summed E-state index contributed by atoms with van der Waals surface area (Å²) in [7, 11) is 0. The predicted molar refractivity (Wildman–Crippen MR) is 61.4 cm³/mol. The van der Waals surface area contributed by atoms with Gasteiger partial charge in [-0.2, -0.15) is 0 Å². The minimum absolute atomic E-state index is 0.927. The molecule has 0 aliphatic carbocycles. The van der Waals surface area contributed by atoms with E-state index in [1.165, 1.54) is 0 Å². The number of rotatable bonds is 2. The van der Waals surface area contributed by atoms with Crippen molar-refractivity contribution in [3.8, 4) is 0 Å². The van der Waals surface area contributed by atoms with E-state index in [1.807, 2.05) is 19.9 Å². The van der Waals surface area contributed by atoms with Gasteiger partial charge in [-0.15, -0.1) is 0 Å². The molecule has 68 valence electrons. The third-order valence-corrected chi connectivity index (χ3v) is 2.15.